The molecule has 1 aliphatic rings. The van der Waals surface area contributed by atoms with Crippen LogP contribution in [0.15, 0.2) is 24.4 Å². The van der Waals surface area contributed by atoms with E-state index < -0.39 is 0 Å². The molecule has 2 amide bonds. The predicted molar refractivity (Wildman–Crippen MR) is 82.5 cm³/mol. The summed E-state index contributed by atoms with van der Waals surface area (Å²) in [5.74, 6) is 0. The molecule has 21 heavy (non-hydrogen) atoms. The van der Waals surface area contributed by atoms with E-state index in [-0.39, 0.29) is 6.03 Å². The van der Waals surface area contributed by atoms with Crippen LogP contribution in [0.3, 0.4) is 0 Å². The number of hydrogen-bond acceptors (Lipinski definition) is 2. The molecule has 0 atom stereocenters. The van der Waals surface area contributed by atoms with Gasteiger partial charge in [0.2, 0.25) is 0 Å². The van der Waals surface area contributed by atoms with E-state index in [1.165, 1.54) is 16.5 Å². The molecule has 3 rings (SSSR count). The number of carbonyl (C=O) groups is 1. The Balaban J connectivity index is 1.58. The molecule has 0 saturated carbocycles. The highest BCUT2D eigenvalue weighted by Crippen LogP contribution is 2.22. The zero-order valence-electron chi connectivity index (χ0n) is 12.3. The van der Waals surface area contributed by atoms with E-state index in [2.05, 4.69) is 35.4 Å². The number of amides is 2. The van der Waals surface area contributed by atoms with Crippen molar-refractivity contribution in [2.75, 3.05) is 32.8 Å². The monoisotopic (exact) mass is 287 g/mol. The minimum atomic E-state index is 0.00913. The summed E-state index contributed by atoms with van der Waals surface area (Å²) in [7, 11) is 0. The van der Waals surface area contributed by atoms with Crippen molar-refractivity contribution < 1.29 is 9.53 Å². The van der Waals surface area contributed by atoms with Gasteiger partial charge in [0.05, 0.1) is 13.2 Å². The summed E-state index contributed by atoms with van der Waals surface area (Å²) in [5, 5.41) is 4.27. The summed E-state index contributed by atoms with van der Waals surface area (Å²) in [5.41, 5.74) is 3.68. The lowest BCUT2D eigenvalue weighted by atomic mass is 10.1. The van der Waals surface area contributed by atoms with Gasteiger partial charge in [0.1, 0.15) is 0 Å². The van der Waals surface area contributed by atoms with E-state index >= 15 is 0 Å². The molecular formula is C16H21N3O2. The molecule has 1 aromatic heterocycles. The van der Waals surface area contributed by atoms with Gasteiger partial charge in [0.25, 0.3) is 0 Å². The normalized spacial score (nSPS) is 15.4. The van der Waals surface area contributed by atoms with Crippen molar-refractivity contribution in [2.45, 2.75) is 13.3 Å². The zero-order chi connectivity index (χ0) is 14.7. The fraction of sp³-hybridized carbons (Fsp3) is 0.438. The second-order valence-electron chi connectivity index (χ2n) is 5.39. The van der Waals surface area contributed by atoms with Crippen molar-refractivity contribution in [2.24, 2.45) is 0 Å². The largest absolute Gasteiger partial charge is 0.378 e. The van der Waals surface area contributed by atoms with E-state index in [0.717, 1.165) is 11.9 Å². The number of nitrogens with zero attached hydrogens (tertiary/aromatic N) is 1. The van der Waals surface area contributed by atoms with Gasteiger partial charge in [-0.3, -0.25) is 0 Å². The molecule has 0 radical (unpaired) electrons. The van der Waals surface area contributed by atoms with E-state index in [1.54, 1.807) is 0 Å². The molecule has 1 saturated heterocycles. The lowest BCUT2D eigenvalue weighted by Gasteiger charge is -2.26. The van der Waals surface area contributed by atoms with Crippen molar-refractivity contribution in [3.63, 3.8) is 0 Å². The van der Waals surface area contributed by atoms with Gasteiger partial charge in [0, 0.05) is 36.7 Å². The van der Waals surface area contributed by atoms with Gasteiger partial charge in [-0.2, -0.15) is 0 Å². The summed E-state index contributed by atoms with van der Waals surface area (Å²) in [4.78, 5) is 17.1. The third kappa shape index (κ3) is 3.03. The molecule has 2 aromatic rings. The highest BCUT2D eigenvalue weighted by molar-refractivity contribution is 5.86. The number of aromatic amines is 1. The van der Waals surface area contributed by atoms with E-state index in [0.29, 0.717) is 32.8 Å². The van der Waals surface area contributed by atoms with Crippen molar-refractivity contribution >= 4 is 16.9 Å². The number of aryl methyl sites for hydroxylation is 1. The summed E-state index contributed by atoms with van der Waals surface area (Å²) < 4.78 is 5.25. The number of benzene rings is 1. The number of carbonyl (C=O) groups excluding carboxylic acids is 1. The molecule has 0 bridgehead atoms. The summed E-state index contributed by atoms with van der Waals surface area (Å²) >= 11 is 0. The fourth-order valence-corrected chi connectivity index (χ4v) is 2.83. The third-order valence-electron chi connectivity index (χ3n) is 3.96. The SMILES string of the molecule is Cc1cccc2[nH]cc(CCNC(=O)N3CCOCC3)c12. The van der Waals surface area contributed by atoms with Gasteiger partial charge in [-0.15, -0.1) is 0 Å². The highest BCUT2D eigenvalue weighted by Gasteiger charge is 2.16. The van der Waals surface area contributed by atoms with Crippen LogP contribution in [0.25, 0.3) is 10.9 Å². The number of morpholine rings is 1. The number of nitrogens with one attached hydrogen (secondary N) is 2. The summed E-state index contributed by atoms with van der Waals surface area (Å²) in [6, 6.07) is 6.26. The van der Waals surface area contributed by atoms with Gasteiger partial charge in [0.15, 0.2) is 0 Å². The van der Waals surface area contributed by atoms with Crippen LogP contribution in [0.5, 0.6) is 0 Å². The van der Waals surface area contributed by atoms with Crippen LogP contribution in [-0.2, 0) is 11.2 Å². The summed E-state index contributed by atoms with van der Waals surface area (Å²) in [6.07, 6.45) is 2.87. The van der Waals surface area contributed by atoms with Crippen LogP contribution in [0.2, 0.25) is 0 Å². The molecular weight excluding hydrogens is 266 g/mol. The smallest absolute Gasteiger partial charge is 0.317 e. The first kappa shape index (κ1) is 13.9. The Morgan fingerprint density at radius 1 is 1.38 bits per heavy atom. The molecule has 2 heterocycles. The first-order chi connectivity index (χ1) is 10.3. The second-order valence-corrected chi connectivity index (χ2v) is 5.39. The van der Waals surface area contributed by atoms with E-state index in [4.69, 9.17) is 4.74 Å². The predicted octanol–water partition coefficient (Wildman–Crippen LogP) is 2.06. The average Bonchev–Trinajstić information content (AvgIpc) is 2.93. The maximum absolute atomic E-state index is 12.0. The molecule has 5 nitrogen and oxygen atoms in total. The highest BCUT2D eigenvalue weighted by atomic mass is 16.5. The Morgan fingerprint density at radius 3 is 3.00 bits per heavy atom. The van der Waals surface area contributed by atoms with Gasteiger partial charge >= 0.3 is 6.03 Å². The number of rotatable bonds is 3. The Bertz CT molecular complexity index is 629. The van der Waals surface area contributed by atoms with Gasteiger partial charge in [-0.05, 0) is 30.5 Å². The van der Waals surface area contributed by atoms with Crippen LogP contribution in [0, 0.1) is 6.92 Å². The zero-order valence-corrected chi connectivity index (χ0v) is 12.3. The van der Waals surface area contributed by atoms with Crippen molar-refractivity contribution in [1.82, 2.24) is 15.2 Å². The lowest BCUT2D eigenvalue weighted by Crippen LogP contribution is -2.46. The van der Waals surface area contributed by atoms with Crippen LogP contribution in [0.1, 0.15) is 11.1 Å². The fourth-order valence-electron chi connectivity index (χ4n) is 2.83. The number of hydrogen-bond donors (Lipinski definition) is 2. The Hall–Kier alpha value is -2.01. The number of H-pyrrole nitrogens is 1. The maximum Gasteiger partial charge on any atom is 0.317 e. The maximum atomic E-state index is 12.0. The van der Waals surface area contributed by atoms with E-state index in [1.807, 2.05) is 11.1 Å². The lowest BCUT2D eigenvalue weighted by molar-refractivity contribution is 0.0533. The second kappa shape index (κ2) is 6.18. The first-order valence-corrected chi connectivity index (χ1v) is 7.42. The van der Waals surface area contributed by atoms with Gasteiger partial charge in [-0.1, -0.05) is 12.1 Å². The number of urea groups is 1. The Labute approximate surface area is 124 Å². The van der Waals surface area contributed by atoms with Crippen molar-refractivity contribution in [1.29, 1.82) is 0 Å². The Morgan fingerprint density at radius 2 is 2.19 bits per heavy atom. The van der Waals surface area contributed by atoms with Crippen LogP contribution in [0.4, 0.5) is 4.79 Å². The van der Waals surface area contributed by atoms with Crippen LogP contribution < -0.4 is 5.32 Å². The minimum absolute atomic E-state index is 0.00913. The van der Waals surface area contributed by atoms with Crippen molar-refractivity contribution in [3.8, 4) is 0 Å². The van der Waals surface area contributed by atoms with E-state index in [9.17, 15) is 4.79 Å². The molecule has 112 valence electrons. The molecule has 0 spiro atoms. The Kier molecular flexibility index (Phi) is 4.10. The first-order valence-electron chi connectivity index (χ1n) is 7.42. The van der Waals surface area contributed by atoms with Gasteiger partial charge < -0.3 is 19.9 Å². The quantitative estimate of drug-likeness (QED) is 0.908. The standard InChI is InChI=1S/C16H21N3O2/c1-12-3-2-4-14-15(12)13(11-18-14)5-6-17-16(20)19-7-9-21-10-8-19/h2-4,11,18H,5-10H2,1H3,(H,17,20). The number of ether oxygens (including phenoxy) is 1. The minimum Gasteiger partial charge on any atom is -0.378 e. The molecule has 1 fully saturated rings. The molecule has 1 aliphatic heterocycles. The average molecular weight is 287 g/mol. The molecule has 5 heteroatoms. The summed E-state index contributed by atoms with van der Waals surface area (Å²) in [6.45, 7) is 5.39. The molecule has 1 aromatic carbocycles. The van der Waals surface area contributed by atoms with Gasteiger partial charge in [-0.25, -0.2) is 4.79 Å². The topological polar surface area (TPSA) is 57.4 Å². The van der Waals surface area contributed by atoms with Crippen molar-refractivity contribution in [3.05, 3.63) is 35.5 Å². The van der Waals surface area contributed by atoms with Crippen LogP contribution >= 0.6 is 0 Å². The molecule has 0 unspecified atom stereocenters. The number of fused-ring (bicyclic) bond motifs is 1. The van der Waals surface area contributed by atoms with Crippen LogP contribution in [-0.4, -0.2) is 48.8 Å². The molecule has 2 N–H and O–H groups in total. The number of aromatic nitrogens is 1. The molecule has 0 aliphatic carbocycles. The third-order valence-corrected chi connectivity index (χ3v) is 3.96.